The minimum Gasteiger partial charge on any atom is -0.378 e. The molecule has 1 aromatic heterocycles. The summed E-state index contributed by atoms with van der Waals surface area (Å²) in [6.07, 6.45) is 7.07. The van der Waals surface area contributed by atoms with E-state index in [-0.39, 0.29) is 5.54 Å². The van der Waals surface area contributed by atoms with Gasteiger partial charge in [0, 0.05) is 16.2 Å². The fourth-order valence-corrected chi connectivity index (χ4v) is 2.17. The molecule has 1 N–H and O–H groups in total. The molecule has 0 spiro atoms. The van der Waals surface area contributed by atoms with E-state index < -0.39 is 0 Å². The SMILES string of the molecule is CCC(CC)(CC)Nc1cncc(Br)c1. The van der Waals surface area contributed by atoms with Gasteiger partial charge < -0.3 is 5.32 Å². The summed E-state index contributed by atoms with van der Waals surface area (Å²) in [5, 5.41) is 3.59. The largest absolute Gasteiger partial charge is 0.378 e. The molecule has 0 unspecified atom stereocenters. The van der Waals surface area contributed by atoms with Crippen molar-refractivity contribution in [2.75, 3.05) is 5.32 Å². The molecule has 2 nitrogen and oxygen atoms in total. The van der Waals surface area contributed by atoms with Crippen molar-refractivity contribution in [3.8, 4) is 0 Å². The number of hydrogen-bond donors (Lipinski definition) is 1. The van der Waals surface area contributed by atoms with E-state index in [2.05, 4.69) is 53.1 Å². The van der Waals surface area contributed by atoms with Gasteiger partial charge in [-0.1, -0.05) is 20.8 Å². The van der Waals surface area contributed by atoms with Crippen molar-refractivity contribution in [3.05, 3.63) is 22.9 Å². The maximum atomic E-state index is 4.16. The minimum atomic E-state index is 0.211. The predicted molar refractivity (Wildman–Crippen MR) is 69.2 cm³/mol. The van der Waals surface area contributed by atoms with Crippen molar-refractivity contribution in [2.24, 2.45) is 0 Å². The summed E-state index contributed by atoms with van der Waals surface area (Å²) in [5.74, 6) is 0. The fourth-order valence-electron chi connectivity index (χ4n) is 1.80. The smallest absolute Gasteiger partial charge is 0.0542 e. The van der Waals surface area contributed by atoms with Crippen LogP contribution in [0.1, 0.15) is 40.0 Å². The van der Waals surface area contributed by atoms with Crippen LogP contribution in [-0.4, -0.2) is 10.5 Å². The highest BCUT2D eigenvalue weighted by atomic mass is 79.9. The second kappa shape index (κ2) is 5.50. The molecule has 0 saturated carbocycles. The molecule has 0 amide bonds. The number of hydrogen-bond acceptors (Lipinski definition) is 2. The molecule has 0 fully saturated rings. The van der Waals surface area contributed by atoms with Gasteiger partial charge in [-0.05, 0) is 41.3 Å². The van der Waals surface area contributed by atoms with Gasteiger partial charge in [0.2, 0.25) is 0 Å². The van der Waals surface area contributed by atoms with Crippen molar-refractivity contribution < 1.29 is 0 Å². The molecule has 1 aromatic rings. The van der Waals surface area contributed by atoms with E-state index in [1.165, 1.54) is 0 Å². The van der Waals surface area contributed by atoms with Crippen molar-refractivity contribution in [1.29, 1.82) is 0 Å². The second-order valence-corrected chi connectivity index (χ2v) is 4.77. The normalized spacial score (nSPS) is 11.5. The van der Waals surface area contributed by atoms with Crippen LogP contribution < -0.4 is 5.32 Å². The molecular weight excluding hydrogens is 252 g/mol. The zero-order valence-corrected chi connectivity index (χ0v) is 11.3. The summed E-state index contributed by atoms with van der Waals surface area (Å²) in [7, 11) is 0. The van der Waals surface area contributed by atoms with Crippen LogP contribution in [0.2, 0.25) is 0 Å². The van der Waals surface area contributed by atoms with Crippen LogP contribution in [0.25, 0.3) is 0 Å². The Kier molecular flexibility index (Phi) is 4.58. The summed E-state index contributed by atoms with van der Waals surface area (Å²) in [4.78, 5) is 4.16. The Morgan fingerprint density at radius 3 is 2.27 bits per heavy atom. The Hall–Kier alpha value is -0.570. The van der Waals surface area contributed by atoms with Crippen molar-refractivity contribution in [3.63, 3.8) is 0 Å². The predicted octanol–water partition coefficient (Wildman–Crippen LogP) is 4.22. The van der Waals surface area contributed by atoms with Crippen LogP contribution in [-0.2, 0) is 0 Å². The molecule has 1 rings (SSSR count). The van der Waals surface area contributed by atoms with Gasteiger partial charge in [0.15, 0.2) is 0 Å². The van der Waals surface area contributed by atoms with Crippen LogP contribution in [0.15, 0.2) is 22.9 Å². The molecule has 0 radical (unpaired) electrons. The summed E-state index contributed by atoms with van der Waals surface area (Å²) in [6.45, 7) is 6.68. The van der Waals surface area contributed by atoms with Crippen molar-refractivity contribution >= 4 is 21.6 Å². The average molecular weight is 271 g/mol. The molecule has 15 heavy (non-hydrogen) atoms. The van der Waals surface area contributed by atoms with E-state index in [4.69, 9.17) is 0 Å². The van der Waals surface area contributed by atoms with Gasteiger partial charge in [0.25, 0.3) is 0 Å². The third-order valence-corrected chi connectivity index (χ3v) is 3.58. The van der Waals surface area contributed by atoms with Crippen molar-refractivity contribution in [1.82, 2.24) is 4.98 Å². The molecule has 0 saturated heterocycles. The Bertz CT molecular complexity index is 300. The molecular formula is C12H19BrN2. The highest BCUT2D eigenvalue weighted by molar-refractivity contribution is 9.10. The van der Waals surface area contributed by atoms with Crippen LogP contribution in [0.4, 0.5) is 5.69 Å². The molecule has 0 aromatic carbocycles. The first-order valence-electron chi connectivity index (χ1n) is 5.54. The van der Waals surface area contributed by atoms with Gasteiger partial charge in [-0.3, -0.25) is 4.98 Å². The second-order valence-electron chi connectivity index (χ2n) is 3.86. The Balaban J connectivity index is 2.82. The number of halogens is 1. The molecule has 0 atom stereocenters. The molecule has 1 heterocycles. The first kappa shape index (κ1) is 12.5. The maximum absolute atomic E-state index is 4.16. The molecule has 0 aliphatic heterocycles. The van der Waals surface area contributed by atoms with E-state index in [0.717, 1.165) is 29.4 Å². The van der Waals surface area contributed by atoms with Gasteiger partial charge in [-0.15, -0.1) is 0 Å². The van der Waals surface area contributed by atoms with Crippen LogP contribution in [0.3, 0.4) is 0 Å². The average Bonchev–Trinajstić information content (AvgIpc) is 2.26. The molecule has 0 bridgehead atoms. The summed E-state index contributed by atoms with van der Waals surface area (Å²) in [5.41, 5.74) is 1.30. The zero-order valence-electron chi connectivity index (χ0n) is 9.68. The molecule has 3 heteroatoms. The lowest BCUT2D eigenvalue weighted by atomic mass is 9.89. The maximum Gasteiger partial charge on any atom is 0.0542 e. The van der Waals surface area contributed by atoms with Gasteiger partial charge >= 0.3 is 0 Å². The first-order chi connectivity index (χ1) is 7.15. The highest BCUT2D eigenvalue weighted by Gasteiger charge is 2.23. The zero-order chi connectivity index (χ0) is 11.3. The van der Waals surface area contributed by atoms with E-state index in [1.807, 2.05) is 6.20 Å². The summed E-state index contributed by atoms with van der Waals surface area (Å²) >= 11 is 3.43. The van der Waals surface area contributed by atoms with Gasteiger partial charge in [-0.2, -0.15) is 0 Å². The highest BCUT2D eigenvalue weighted by Crippen LogP contribution is 2.26. The van der Waals surface area contributed by atoms with E-state index in [0.29, 0.717) is 0 Å². The monoisotopic (exact) mass is 270 g/mol. The van der Waals surface area contributed by atoms with E-state index in [1.54, 1.807) is 6.20 Å². The number of aromatic nitrogens is 1. The molecule has 0 aliphatic carbocycles. The minimum absolute atomic E-state index is 0.211. The van der Waals surface area contributed by atoms with Gasteiger partial charge in [0.1, 0.15) is 0 Å². The quantitative estimate of drug-likeness (QED) is 0.867. The van der Waals surface area contributed by atoms with Crippen LogP contribution in [0.5, 0.6) is 0 Å². The number of nitrogens with one attached hydrogen (secondary N) is 1. The number of pyridine rings is 1. The third-order valence-electron chi connectivity index (χ3n) is 3.14. The number of nitrogens with zero attached hydrogens (tertiary/aromatic N) is 1. The molecule has 84 valence electrons. The lowest BCUT2D eigenvalue weighted by molar-refractivity contribution is 0.420. The summed E-state index contributed by atoms with van der Waals surface area (Å²) < 4.78 is 1.02. The Morgan fingerprint density at radius 2 is 1.80 bits per heavy atom. The third kappa shape index (κ3) is 3.20. The fraction of sp³-hybridized carbons (Fsp3) is 0.583. The van der Waals surface area contributed by atoms with Crippen LogP contribution >= 0.6 is 15.9 Å². The van der Waals surface area contributed by atoms with Crippen molar-refractivity contribution in [2.45, 2.75) is 45.6 Å². The Labute approximate surface area is 101 Å². The van der Waals surface area contributed by atoms with E-state index >= 15 is 0 Å². The van der Waals surface area contributed by atoms with Gasteiger partial charge in [-0.25, -0.2) is 0 Å². The Morgan fingerprint density at radius 1 is 1.20 bits per heavy atom. The number of anilines is 1. The number of rotatable bonds is 5. The first-order valence-corrected chi connectivity index (χ1v) is 6.34. The topological polar surface area (TPSA) is 24.9 Å². The van der Waals surface area contributed by atoms with E-state index in [9.17, 15) is 0 Å². The van der Waals surface area contributed by atoms with Gasteiger partial charge in [0.05, 0.1) is 11.9 Å². The lowest BCUT2D eigenvalue weighted by Crippen LogP contribution is -2.36. The van der Waals surface area contributed by atoms with Crippen LogP contribution in [0, 0.1) is 0 Å². The summed E-state index contributed by atoms with van der Waals surface area (Å²) in [6, 6.07) is 2.07. The standard InChI is InChI=1S/C12H19BrN2/c1-4-12(5-2,6-3)15-11-7-10(13)8-14-9-11/h7-9,15H,4-6H2,1-3H3. The molecule has 0 aliphatic rings. The lowest BCUT2D eigenvalue weighted by Gasteiger charge is -2.32.